The van der Waals surface area contributed by atoms with E-state index in [0.717, 1.165) is 10.6 Å². The van der Waals surface area contributed by atoms with E-state index in [1.165, 1.54) is 11.3 Å². The summed E-state index contributed by atoms with van der Waals surface area (Å²) in [4.78, 5) is 31.5. The summed E-state index contributed by atoms with van der Waals surface area (Å²) in [5.74, 6) is -1.74. The maximum atomic E-state index is 13.3. The van der Waals surface area contributed by atoms with Crippen LogP contribution in [-0.2, 0) is 19.1 Å². The summed E-state index contributed by atoms with van der Waals surface area (Å²) < 4.78 is 11.4. The van der Waals surface area contributed by atoms with Crippen LogP contribution in [0.5, 0.6) is 0 Å². The summed E-state index contributed by atoms with van der Waals surface area (Å²) in [6.45, 7) is 14.5. The van der Waals surface area contributed by atoms with E-state index in [9.17, 15) is 9.59 Å². The number of thiazole rings is 1. The van der Waals surface area contributed by atoms with Gasteiger partial charge in [0, 0.05) is 27.4 Å². The second-order valence-electron chi connectivity index (χ2n) is 10.2. The Kier molecular flexibility index (Phi) is 7.29. The van der Waals surface area contributed by atoms with Crippen LogP contribution in [0.4, 0.5) is 0 Å². The van der Waals surface area contributed by atoms with E-state index in [1.807, 2.05) is 59.1 Å². The number of nitrogens with zero attached hydrogens (tertiary/aromatic N) is 1. The van der Waals surface area contributed by atoms with E-state index >= 15 is 0 Å². The zero-order valence-corrected chi connectivity index (χ0v) is 22.4. The molecule has 0 spiro atoms. The van der Waals surface area contributed by atoms with Gasteiger partial charge in [0.05, 0.1) is 22.8 Å². The van der Waals surface area contributed by atoms with Crippen molar-refractivity contribution in [3.05, 3.63) is 62.9 Å². The highest BCUT2D eigenvalue weighted by Crippen LogP contribution is 2.41. The van der Waals surface area contributed by atoms with Gasteiger partial charge in [-0.1, -0.05) is 23.7 Å². The van der Waals surface area contributed by atoms with Crippen molar-refractivity contribution in [2.75, 3.05) is 0 Å². The number of allylic oxidation sites excluding steroid dienone is 2. The highest BCUT2D eigenvalue weighted by atomic mass is 35.5. The van der Waals surface area contributed by atoms with Crippen molar-refractivity contribution in [3.63, 3.8) is 0 Å². The monoisotopic (exact) mass is 502 g/mol. The number of halogens is 1. The number of benzene rings is 1. The first-order chi connectivity index (χ1) is 15.7. The lowest BCUT2D eigenvalue weighted by Crippen LogP contribution is -2.36. The van der Waals surface area contributed by atoms with E-state index in [0.29, 0.717) is 33.3 Å². The highest BCUT2D eigenvalue weighted by Gasteiger charge is 2.41. The topological polar surface area (TPSA) is 77.5 Å². The molecule has 34 heavy (non-hydrogen) atoms. The molecule has 2 aromatic rings. The third-order valence-corrected chi connectivity index (χ3v) is 6.07. The number of nitrogens with one attached hydrogen (secondary N) is 1. The van der Waals surface area contributed by atoms with Crippen LogP contribution in [-0.4, -0.2) is 28.1 Å². The Morgan fingerprint density at radius 3 is 1.82 bits per heavy atom. The van der Waals surface area contributed by atoms with Crippen molar-refractivity contribution in [3.8, 4) is 10.6 Å². The molecular formula is C26H31ClN2O4S. The number of esters is 2. The van der Waals surface area contributed by atoms with E-state index in [4.69, 9.17) is 26.1 Å². The average molecular weight is 503 g/mol. The molecule has 0 bridgehead atoms. The number of ether oxygens (including phenoxy) is 2. The molecule has 1 aromatic carbocycles. The van der Waals surface area contributed by atoms with Crippen LogP contribution in [0.2, 0.25) is 5.02 Å². The Bertz CT molecular complexity index is 1110. The molecule has 6 nitrogen and oxygen atoms in total. The number of carbonyl (C=O) groups is 2. The Hall–Kier alpha value is -2.64. The predicted molar refractivity (Wildman–Crippen MR) is 136 cm³/mol. The predicted octanol–water partition coefficient (Wildman–Crippen LogP) is 6.38. The number of carbonyl (C=O) groups excluding carboxylic acids is 2. The molecular weight excluding hydrogens is 472 g/mol. The SMILES string of the molecule is CC1=C(C(=O)OC(C)(C)C)C(c2csc(-c3ccc(Cl)cc3)n2)C(C(=O)OC(C)(C)C)=C(C)N1. The maximum absolute atomic E-state index is 13.3. The van der Waals surface area contributed by atoms with Gasteiger partial charge < -0.3 is 14.8 Å². The largest absolute Gasteiger partial charge is 0.457 e. The molecule has 0 saturated heterocycles. The van der Waals surface area contributed by atoms with Crippen LogP contribution in [0, 0.1) is 0 Å². The first-order valence-electron chi connectivity index (χ1n) is 11.0. The van der Waals surface area contributed by atoms with E-state index < -0.39 is 29.1 Å². The molecule has 0 aliphatic carbocycles. The minimum atomic E-state index is -0.733. The molecule has 8 heteroatoms. The first-order valence-corrected chi connectivity index (χ1v) is 12.3. The molecule has 0 saturated carbocycles. The number of dihydropyridines is 1. The average Bonchev–Trinajstić information content (AvgIpc) is 3.14. The molecule has 1 aliphatic heterocycles. The fraction of sp³-hybridized carbons (Fsp3) is 0.423. The van der Waals surface area contributed by atoms with Gasteiger partial charge in [0.15, 0.2) is 0 Å². The first kappa shape index (κ1) is 26.0. The van der Waals surface area contributed by atoms with Crippen LogP contribution in [0.25, 0.3) is 10.6 Å². The van der Waals surface area contributed by atoms with Gasteiger partial charge in [-0.2, -0.15) is 0 Å². The van der Waals surface area contributed by atoms with Crippen molar-refractivity contribution in [1.29, 1.82) is 0 Å². The van der Waals surface area contributed by atoms with Gasteiger partial charge in [-0.05, 0) is 67.5 Å². The van der Waals surface area contributed by atoms with Crippen LogP contribution >= 0.6 is 22.9 Å². The second-order valence-corrected chi connectivity index (χ2v) is 11.5. The molecule has 1 aromatic heterocycles. The highest BCUT2D eigenvalue weighted by molar-refractivity contribution is 7.13. The van der Waals surface area contributed by atoms with Gasteiger partial charge in [-0.15, -0.1) is 11.3 Å². The summed E-state index contributed by atoms with van der Waals surface area (Å²) >= 11 is 7.47. The van der Waals surface area contributed by atoms with Crippen molar-refractivity contribution in [2.45, 2.75) is 72.5 Å². The van der Waals surface area contributed by atoms with Crippen molar-refractivity contribution in [2.24, 2.45) is 0 Å². The molecule has 0 radical (unpaired) electrons. The lowest BCUT2D eigenvalue weighted by Gasteiger charge is -2.32. The van der Waals surface area contributed by atoms with Gasteiger partial charge >= 0.3 is 11.9 Å². The molecule has 1 N–H and O–H groups in total. The number of aromatic nitrogens is 1. The lowest BCUT2D eigenvalue weighted by atomic mass is 9.83. The third kappa shape index (κ3) is 6.07. The van der Waals surface area contributed by atoms with Crippen molar-refractivity contribution in [1.82, 2.24) is 10.3 Å². The van der Waals surface area contributed by atoms with Crippen molar-refractivity contribution < 1.29 is 19.1 Å². The minimum Gasteiger partial charge on any atom is -0.457 e. The second kappa shape index (κ2) is 9.55. The van der Waals surface area contributed by atoms with Gasteiger partial charge in [0.1, 0.15) is 16.2 Å². The smallest absolute Gasteiger partial charge is 0.337 e. The molecule has 182 valence electrons. The lowest BCUT2D eigenvalue weighted by molar-refractivity contribution is -0.150. The Labute approximate surface area is 210 Å². The number of hydrogen-bond acceptors (Lipinski definition) is 7. The van der Waals surface area contributed by atoms with Gasteiger partial charge in [-0.25, -0.2) is 14.6 Å². The minimum absolute atomic E-state index is 0.342. The van der Waals surface area contributed by atoms with Crippen molar-refractivity contribution >= 4 is 34.9 Å². The maximum Gasteiger partial charge on any atom is 0.337 e. The fourth-order valence-corrected chi connectivity index (χ4v) is 4.62. The van der Waals surface area contributed by atoms with Crippen LogP contribution in [0.15, 0.2) is 52.2 Å². The summed E-state index contributed by atoms with van der Waals surface area (Å²) in [7, 11) is 0. The van der Waals surface area contributed by atoms with E-state index in [2.05, 4.69) is 5.32 Å². The van der Waals surface area contributed by atoms with Gasteiger partial charge in [0.25, 0.3) is 0 Å². The van der Waals surface area contributed by atoms with Crippen LogP contribution in [0.3, 0.4) is 0 Å². The summed E-state index contributed by atoms with van der Waals surface area (Å²) in [6, 6.07) is 7.38. The Morgan fingerprint density at radius 2 is 1.38 bits per heavy atom. The zero-order valence-electron chi connectivity index (χ0n) is 20.8. The summed E-state index contributed by atoms with van der Waals surface area (Å²) in [6.07, 6.45) is 0. The van der Waals surface area contributed by atoms with Crippen LogP contribution < -0.4 is 5.32 Å². The van der Waals surface area contributed by atoms with Crippen LogP contribution in [0.1, 0.15) is 67.0 Å². The quantitative estimate of drug-likeness (QED) is 0.488. The standard InChI is InChI=1S/C26H31ClN2O4S/c1-14-19(23(30)32-25(3,4)5)21(20(15(2)28-14)24(31)33-26(6,7)8)18-13-34-22(29-18)16-9-11-17(27)12-10-16/h9-13,21,28H,1-8H3. The Morgan fingerprint density at radius 1 is 0.912 bits per heavy atom. The molecule has 0 amide bonds. The van der Waals surface area contributed by atoms with E-state index in [-0.39, 0.29) is 0 Å². The number of hydrogen-bond donors (Lipinski definition) is 1. The zero-order chi connectivity index (χ0) is 25.4. The summed E-state index contributed by atoms with van der Waals surface area (Å²) in [5.41, 5.74) is 1.99. The Balaban J connectivity index is 2.13. The summed E-state index contributed by atoms with van der Waals surface area (Å²) in [5, 5.41) is 6.44. The molecule has 0 fully saturated rings. The van der Waals surface area contributed by atoms with Gasteiger partial charge in [0.2, 0.25) is 0 Å². The third-order valence-electron chi connectivity index (χ3n) is 4.91. The molecule has 0 atom stereocenters. The molecule has 3 rings (SSSR count). The molecule has 0 unspecified atom stereocenters. The normalized spacial score (nSPS) is 15.3. The molecule has 2 heterocycles. The molecule has 1 aliphatic rings. The number of rotatable bonds is 4. The fourth-order valence-electron chi connectivity index (χ4n) is 3.64. The van der Waals surface area contributed by atoms with E-state index in [1.54, 1.807) is 26.0 Å². The van der Waals surface area contributed by atoms with Gasteiger partial charge in [-0.3, -0.25) is 0 Å².